The van der Waals surface area contributed by atoms with Crippen molar-refractivity contribution in [2.45, 2.75) is 622 Å². The molecule has 0 spiro atoms. The highest BCUT2D eigenvalue weighted by molar-refractivity contribution is 5.15. The first-order valence-electron chi connectivity index (χ1n) is 56.9. The molecule has 0 aromatic rings. The van der Waals surface area contributed by atoms with Crippen molar-refractivity contribution >= 4 is 0 Å². The van der Waals surface area contributed by atoms with E-state index in [1.165, 1.54) is 186 Å². The van der Waals surface area contributed by atoms with Crippen LogP contribution in [0.1, 0.15) is 622 Å². The number of allylic oxidation sites excluding steroid dienone is 19. The predicted molar refractivity (Wildman–Crippen MR) is 651 cm³/mol. The molecule has 0 N–H and O–H groups in total. The summed E-state index contributed by atoms with van der Waals surface area (Å²) in [5.74, 6) is 0.673. The fourth-order valence-corrected chi connectivity index (χ4v) is 12.6. The van der Waals surface area contributed by atoms with Gasteiger partial charge in [0.1, 0.15) is 0 Å². The lowest BCUT2D eigenvalue weighted by molar-refractivity contribution is 0.0906. The average molecular weight is 1940 g/mol. The van der Waals surface area contributed by atoms with Gasteiger partial charge >= 0.3 is 0 Å². The lowest BCUT2D eigenvalue weighted by atomic mass is 9.67. The van der Waals surface area contributed by atoms with Crippen molar-refractivity contribution in [3.63, 3.8) is 0 Å². The summed E-state index contributed by atoms with van der Waals surface area (Å²) >= 11 is 0. The minimum atomic E-state index is 0.269. The van der Waals surface area contributed by atoms with Crippen LogP contribution in [0.25, 0.3) is 0 Å². The molecular weight excluding hydrogens is 1660 g/mol. The SMILES string of the molecule is CC(C)(C)/C=C/CCCC(C)(C)C.CC(C)(C)/C=C/CCCC(C)(C)C(C)(C)C.CC(C)(C)/C=C/COCC(C)(C)C.CC(C)(C)C/C=C/CC(C)(C)C.CC(C)(C)C/C=C/CCC(C)(C)C.CC(C)(C)C/C=C/CCC(C)(C)C.CC(C)(C)C/C=C/CCCC(C)(C)C.CC(C)(C)C/C=C\CCC(C)(C)C.CC(C)(C)CCC/C=C/C1(C(C)(C)C)CC1.C[C@@H](/C=C/CCCC(C)(C)C)C(C)(C)C. The van der Waals surface area contributed by atoms with Crippen LogP contribution in [0.4, 0.5) is 0 Å². The maximum Gasteiger partial charge on any atom is 0.0647 e. The van der Waals surface area contributed by atoms with E-state index in [9.17, 15) is 0 Å². The summed E-state index contributed by atoms with van der Waals surface area (Å²) < 4.78 is 5.51. The summed E-state index contributed by atoms with van der Waals surface area (Å²) in [6.07, 6.45) is 83.4. The van der Waals surface area contributed by atoms with Gasteiger partial charge in [0.25, 0.3) is 0 Å². The van der Waals surface area contributed by atoms with Crippen molar-refractivity contribution in [2.75, 3.05) is 13.2 Å². The van der Waals surface area contributed by atoms with Gasteiger partial charge in [-0.15, -0.1) is 0 Å². The molecule has 0 aromatic heterocycles. The molecule has 1 atom stereocenters. The minimum Gasteiger partial charge on any atom is -0.377 e. The molecule has 0 bridgehead atoms. The van der Waals surface area contributed by atoms with Crippen LogP contribution in [0.5, 0.6) is 0 Å². The van der Waals surface area contributed by atoms with Gasteiger partial charge in [-0.25, -0.2) is 0 Å². The van der Waals surface area contributed by atoms with Crippen LogP contribution in [0.3, 0.4) is 0 Å². The van der Waals surface area contributed by atoms with E-state index >= 15 is 0 Å². The second-order valence-corrected chi connectivity index (χ2v) is 66.4. The minimum absolute atomic E-state index is 0.269. The van der Waals surface area contributed by atoms with E-state index < -0.39 is 0 Å². The summed E-state index contributed by atoms with van der Waals surface area (Å²) in [5, 5.41) is 0. The molecule has 1 heteroatoms. The molecule has 138 heavy (non-hydrogen) atoms. The molecular formula is C137H272O. The number of ether oxygens (including phenoxy) is 1. The summed E-state index contributed by atoms with van der Waals surface area (Å²) in [6, 6.07) is 0. The van der Waals surface area contributed by atoms with Crippen molar-refractivity contribution in [1.82, 2.24) is 0 Å². The van der Waals surface area contributed by atoms with Gasteiger partial charge in [0.2, 0.25) is 0 Å². The molecule has 0 aromatic carbocycles. The molecule has 0 aliphatic heterocycles. The molecule has 1 fully saturated rings. The molecule has 1 rings (SSSR count). The van der Waals surface area contributed by atoms with Gasteiger partial charge in [-0.05, 0) is 311 Å². The quantitative estimate of drug-likeness (QED) is 0.0470. The molecule has 1 nitrogen and oxygen atoms in total. The van der Waals surface area contributed by atoms with Gasteiger partial charge < -0.3 is 4.74 Å². The Hall–Kier alpha value is -2.64. The van der Waals surface area contributed by atoms with Crippen molar-refractivity contribution < 1.29 is 4.74 Å². The van der Waals surface area contributed by atoms with Gasteiger partial charge in [-0.3, -0.25) is 0 Å². The highest BCUT2D eigenvalue weighted by atomic mass is 16.5. The maximum absolute atomic E-state index is 5.51. The largest absolute Gasteiger partial charge is 0.377 e. The van der Waals surface area contributed by atoms with Gasteiger partial charge in [0, 0.05) is 0 Å². The van der Waals surface area contributed by atoms with E-state index in [0.29, 0.717) is 114 Å². The van der Waals surface area contributed by atoms with E-state index in [1.54, 1.807) is 0 Å². The third-order valence-electron chi connectivity index (χ3n) is 23.9. The molecule has 0 heterocycles. The van der Waals surface area contributed by atoms with E-state index in [1.807, 2.05) is 0 Å². The average Bonchev–Trinajstić information content (AvgIpc) is 1.61. The highest BCUT2D eigenvalue weighted by Crippen LogP contribution is 2.59. The summed E-state index contributed by atoms with van der Waals surface area (Å²) in [5.41, 5.74) is 9.52. The third kappa shape index (κ3) is 149. The maximum atomic E-state index is 5.51. The van der Waals surface area contributed by atoms with Crippen LogP contribution in [-0.2, 0) is 4.74 Å². The lowest BCUT2D eigenvalue weighted by Crippen LogP contribution is -2.29. The van der Waals surface area contributed by atoms with E-state index in [-0.39, 0.29) is 10.8 Å². The lowest BCUT2D eigenvalue weighted by Gasteiger charge is -2.39. The molecule has 0 unspecified atom stereocenters. The first-order chi connectivity index (χ1) is 60.7. The first kappa shape index (κ1) is 153. The molecule has 0 radical (unpaired) electrons. The smallest absolute Gasteiger partial charge is 0.0647 e. The topological polar surface area (TPSA) is 9.23 Å². The van der Waals surface area contributed by atoms with Gasteiger partial charge in [0.05, 0.1) is 13.2 Å². The summed E-state index contributed by atoms with van der Waals surface area (Å²) in [7, 11) is 0. The Bertz CT molecular complexity index is 2980. The summed E-state index contributed by atoms with van der Waals surface area (Å²) in [4.78, 5) is 0. The van der Waals surface area contributed by atoms with Crippen molar-refractivity contribution in [3.8, 4) is 0 Å². The number of hydrogen-bond donors (Lipinski definition) is 0. The standard InChI is InChI=1S/C16H30.C16H32.C15H30.C14H28.4C13H26.C12H24O.C12H24/c1-14(2,3)10-8-7-9-11-16(12-13-16)15(4,5)6;1-14(2,3)12-10-9-11-13-16(7,8)15(4,5)6;1-13(15(5,6)7)11-9-8-10-12-14(2,3)4;1-13(2,3)11-9-7-8-10-12-14(4,5)6;4*1-12(2,3)10-8-7-9-11-13(4,5)6;1-11(2,3)8-7-9-13-10-12(4,5)6;1-11(2,3)9-7-8-10-12(4,5)6/h9,11H,7-8,10,12-13H2,1-6H3;10,12H,9,11,13H2,1-8H3;9,11,13H,8,10,12H2,1-7H3;7,9H,8,10-12H2,1-6H3;8,10H,7,9,11H2,1-6H3;3*7-8H,9-11H2,1-6H3;7-8H,9-10H2,1-6H3;7-8H,9-10H2,1-6H3/b11-9+;12-10+;11-9+;9-7+;10-8+;2*8-7+;8-7-;2*8-7+/t;;13-;;;;;;;/m..0......./s1. The van der Waals surface area contributed by atoms with Crippen molar-refractivity contribution in [1.29, 1.82) is 0 Å². The molecule has 826 valence electrons. The highest BCUT2D eigenvalue weighted by Gasteiger charge is 2.49. The fourth-order valence-electron chi connectivity index (χ4n) is 12.6. The van der Waals surface area contributed by atoms with Crippen molar-refractivity contribution in [3.05, 3.63) is 122 Å². The van der Waals surface area contributed by atoms with Crippen LogP contribution in [-0.4, -0.2) is 13.2 Å². The Kier molecular flexibility index (Phi) is 78.0. The Morgan fingerprint density at radius 1 is 0.217 bits per heavy atom. The first-order valence-corrected chi connectivity index (χ1v) is 56.9. The van der Waals surface area contributed by atoms with Crippen LogP contribution in [0.15, 0.2) is 122 Å². The van der Waals surface area contributed by atoms with Crippen molar-refractivity contribution in [2.24, 2.45) is 125 Å². The van der Waals surface area contributed by atoms with Crippen LogP contribution in [0.2, 0.25) is 0 Å². The van der Waals surface area contributed by atoms with Crippen LogP contribution < -0.4 is 0 Å². The zero-order valence-electron chi connectivity index (χ0n) is 108. The van der Waals surface area contributed by atoms with E-state index in [2.05, 4.69) is 558 Å². The molecule has 1 aliphatic rings. The molecule has 0 saturated heterocycles. The number of unbranched alkanes of at least 4 members (excludes halogenated alkanes) is 5. The van der Waals surface area contributed by atoms with Gasteiger partial charge in [-0.1, -0.05) is 558 Å². The number of rotatable bonds is 33. The van der Waals surface area contributed by atoms with Crippen LogP contribution in [0, 0.1) is 125 Å². The Balaban J connectivity index is -0.000000192. The second kappa shape index (κ2) is 70.3. The Morgan fingerprint density at radius 3 is 0.645 bits per heavy atom. The molecule has 1 aliphatic carbocycles. The Labute approximate surface area is 881 Å². The number of hydrogen-bond acceptors (Lipinski definition) is 1. The Morgan fingerprint density at radius 2 is 0.435 bits per heavy atom. The van der Waals surface area contributed by atoms with E-state index in [4.69, 9.17) is 4.74 Å². The normalized spacial score (nSPS) is 15.0. The van der Waals surface area contributed by atoms with Gasteiger partial charge in [0.15, 0.2) is 0 Å². The zero-order valence-corrected chi connectivity index (χ0v) is 108. The monoisotopic (exact) mass is 1930 g/mol. The molecule has 1 saturated carbocycles. The predicted octanol–water partition coefficient (Wildman–Crippen LogP) is 49.3. The van der Waals surface area contributed by atoms with E-state index in [0.717, 1.165) is 13.2 Å². The molecule has 0 amide bonds. The fraction of sp³-hybridized carbons (Fsp3) is 0.854. The van der Waals surface area contributed by atoms with Crippen LogP contribution >= 0.6 is 0 Å². The second-order valence-electron chi connectivity index (χ2n) is 66.4. The van der Waals surface area contributed by atoms with Gasteiger partial charge in [-0.2, -0.15) is 0 Å². The summed E-state index contributed by atoms with van der Waals surface area (Å²) in [6.45, 7) is 146. The zero-order chi connectivity index (χ0) is 111. The third-order valence-corrected chi connectivity index (χ3v) is 23.9.